The van der Waals surface area contributed by atoms with E-state index in [9.17, 15) is 22.8 Å². The molecule has 1 unspecified atom stereocenters. The average molecular weight is 728 g/mol. The molecule has 1 aromatic heterocycles. The molecule has 0 bridgehead atoms. The molecule has 0 radical (unpaired) electrons. The Hall–Kier alpha value is -4.43. The predicted octanol–water partition coefficient (Wildman–Crippen LogP) is 8.23. The third-order valence-electron chi connectivity index (χ3n) is 7.07. The minimum atomic E-state index is -4.76. The first kappa shape index (κ1) is 33.9. The summed E-state index contributed by atoms with van der Waals surface area (Å²) >= 11 is 4.79. The van der Waals surface area contributed by atoms with Crippen LogP contribution in [-0.2, 0) is 4.79 Å². The van der Waals surface area contributed by atoms with Crippen molar-refractivity contribution in [2.75, 3.05) is 10.7 Å². The lowest BCUT2D eigenvalue weighted by molar-refractivity contribution is -0.274. The van der Waals surface area contributed by atoms with Gasteiger partial charge in [0.05, 0.1) is 23.2 Å². The fourth-order valence-electron chi connectivity index (χ4n) is 4.72. The number of ether oxygens (including phenoxy) is 1. The molecule has 1 saturated heterocycles. The molecule has 47 heavy (non-hydrogen) atoms. The Kier molecular flexibility index (Phi) is 10.2. The van der Waals surface area contributed by atoms with E-state index in [0.717, 1.165) is 27.9 Å². The molecule has 1 N–H and O–H groups in total. The number of alkyl halides is 3. The number of carbonyl (C=O) groups excluding carboxylic acids is 2. The molecule has 9 nitrogen and oxygen atoms in total. The van der Waals surface area contributed by atoms with Crippen molar-refractivity contribution in [3.8, 4) is 22.8 Å². The molecule has 0 saturated carbocycles. The molecule has 1 atom stereocenters. The molecular formula is C33H30BrF3N6O3S. The first-order chi connectivity index (χ1) is 22.3. The highest BCUT2D eigenvalue weighted by atomic mass is 79.9. The summed E-state index contributed by atoms with van der Waals surface area (Å²) < 4.78 is 43.4. The highest BCUT2D eigenvalue weighted by Crippen LogP contribution is 2.34. The van der Waals surface area contributed by atoms with Crippen molar-refractivity contribution in [1.29, 1.82) is 0 Å². The minimum Gasteiger partial charge on any atom is -0.406 e. The third kappa shape index (κ3) is 8.49. The molecule has 5 rings (SSSR count). The Balaban J connectivity index is 1.23. The van der Waals surface area contributed by atoms with Gasteiger partial charge in [0.1, 0.15) is 12.1 Å². The molecule has 1 aliphatic heterocycles. The van der Waals surface area contributed by atoms with E-state index < -0.39 is 18.4 Å². The summed E-state index contributed by atoms with van der Waals surface area (Å²) in [5.41, 5.74) is 4.85. The number of rotatable bonds is 8. The van der Waals surface area contributed by atoms with Gasteiger partial charge in [0.25, 0.3) is 0 Å². The van der Waals surface area contributed by atoms with Crippen LogP contribution in [-0.4, -0.2) is 50.0 Å². The van der Waals surface area contributed by atoms with Crippen LogP contribution in [0.25, 0.3) is 23.2 Å². The molecule has 14 heteroatoms. The number of thioether (sulfide) groups is 1. The highest BCUT2D eigenvalue weighted by molar-refractivity contribution is 9.11. The van der Waals surface area contributed by atoms with Crippen molar-refractivity contribution >= 4 is 56.6 Å². The van der Waals surface area contributed by atoms with E-state index in [2.05, 4.69) is 54.9 Å². The molecule has 3 aromatic carbocycles. The number of benzene rings is 3. The second kappa shape index (κ2) is 14.1. The summed E-state index contributed by atoms with van der Waals surface area (Å²) in [4.78, 5) is 35.9. The van der Waals surface area contributed by atoms with Crippen LogP contribution in [0.5, 0.6) is 5.75 Å². The SMILES string of the molecule is Cc1ccc(C(C)C)c(N2C(=O)CS/C2=N\C(=O)NC(C)/C(Br)=C\c2ccc(-c3ncn(-c4ccc(OC(F)(F)F)cc4)n3)cc2)c1. The summed E-state index contributed by atoms with van der Waals surface area (Å²) in [7, 11) is 0. The number of aliphatic imine (C=N–C) groups is 1. The second-order valence-corrected chi connectivity index (χ2v) is 12.9. The molecular weight excluding hydrogens is 697 g/mol. The maximum Gasteiger partial charge on any atom is 0.573 e. The Bertz CT molecular complexity index is 1840. The van der Waals surface area contributed by atoms with E-state index in [1.165, 1.54) is 51.9 Å². The molecule has 244 valence electrons. The molecule has 3 amide bonds. The Morgan fingerprint density at radius 2 is 1.79 bits per heavy atom. The number of aromatic nitrogens is 3. The normalized spacial score (nSPS) is 15.4. The Morgan fingerprint density at radius 1 is 1.09 bits per heavy atom. The van der Waals surface area contributed by atoms with Gasteiger partial charge in [-0.1, -0.05) is 77.9 Å². The van der Waals surface area contributed by atoms with Gasteiger partial charge in [-0.2, -0.15) is 4.99 Å². The zero-order valence-corrected chi connectivity index (χ0v) is 28.2. The number of amidine groups is 1. The maximum atomic E-state index is 12.9. The van der Waals surface area contributed by atoms with E-state index in [1.54, 1.807) is 0 Å². The number of hydrogen-bond donors (Lipinski definition) is 1. The van der Waals surface area contributed by atoms with Crippen LogP contribution < -0.4 is 15.0 Å². The van der Waals surface area contributed by atoms with Crippen molar-refractivity contribution in [3.63, 3.8) is 0 Å². The zero-order valence-electron chi connectivity index (χ0n) is 25.7. The van der Waals surface area contributed by atoms with Crippen LogP contribution >= 0.6 is 27.7 Å². The van der Waals surface area contributed by atoms with Crippen LogP contribution in [0.1, 0.15) is 43.4 Å². The largest absolute Gasteiger partial charge is 0.573 e. The van der Waals surface area contributed by atoms with E-state index in [-0.39, 0.29) is 23.3 Å². The van der Waals surface area contributed by atoms with Gasteiger partial charge in [-0.25, -0.2) is 14.5 Å². The van der Waals surface area contributed by atoms with Gasteiger partial charge in [0.15, 0.2) is 11.0 Å². The second-order valence-electron chi connectivity index (χ2n) is 11.0. The number of hydrogen-bond acceptors (Lipinski definition) is 6. The summed E-state index contributed by atoms with van der Waals surface area (Å²) in [6, 6.07) is 17.7. The number of nitrogens with one attached hydrogen (secondary N) is 1. The lowest BCUT2D eigenvalue weighted by atomic mass is 9.99. The Labute approximate surface area is 282 Å². The van der Waals surface area contributed by atoms with Gasteiger partial charge < -0.3 is 10.1 Å². The highest BCUT2D eigenvalue weighted by Gasteiger charge is 2.33. The lowest BCUT2D eigenvalue weighted by Crippen LogP contribution is -2.34. The fourth-order valence-corrected chi connectivity index (χ4v) is 5.96. The van der Waals surface area contributed by atoms with E-state index in [1.807, 2.05) is 62.4 Å². The standard InChI is InChI=1S/C33H30BrF3N6O3S/c1-19(2)26-14-5-20(3)15-28(26)43-29(44)17-47-32(43)40-31(45)39-21(4)27(34)16-22-6-8-23(9-7-22)30-38-18-42(41-30)24-10-12-25(13-11-24)46-33(35,36)37/h5-16,18-19,21H,17H2,1-4H3,(H,39,45)/b27-16+,40-32-. The molecule has 4 aromatic rings. The number of carbonyl (C=O) groups is 2. The number of amides is 3. The first-order valence-corrected chi connectivity index (χ1v) is 16.3. The van der Waals surface area contributed by atoms with Gasteiger partial charge in [-0.15, -0.1) is 18.3 Å². The van der Waals surface area contributed by atoms with Crippen molar-refractivity contribution in [1.82, 2.24) is 20.1 Å². The van der Waals surface area contributed by atoms with E-state index in [0.29, 0.717) is 21.2 Å². The van der Waals surface area contributed by atoms with Gasteiger partial charge in [0, 0.05) is 10.0 Å². The van der Waals surface area contributed by atoms with Crippen molar-refractivity contribution in [3.05, 3.63) is 94.2 Å². The number of aryl methyl sites for hydroxylation is 1. The van der Waals surface area contributed by atoms with Crippen LogP contribution in [0.2, 0.25) is 0 Å². The number of nitrogens with zero attached hydrogens (tertiary/aromatic N) is 5. The minimum absolute atomic E-state index is 0.123. The lowest BCUT2D eigenvalue weighted by Gasteiger charge is -2.22. The predicted molar refractivity (Wildman–Crippen MR) is 181 cm³/mol. The van der Waals surface area contributed by atoms with Gasteiger partial charge >= 0.3 is 12.4 Å². The molecule has 0 spiro atoms. The van der Waals surface area contributed by atoms with Gasteiger partial charge in [0.2, 0.25) is 5.91 Å². The van der Waals surface area contributed by atoms with Gasteiger partial charge in [-0.05, 0) is 72.9 Å². The summed E-state index contributed by atoms with van der Waals surface area (Å²) in [5, 5.41) is 7.62. The average Bonchev–Trinajstić information content (AvgIpc) is 3.64. The van der Waals surface area contributed by atoms with Crippen LogP contribution in [0.15, 0.2) is 82.5 Å². The van der Waals surface area contributed by atoms with E-state index in [4.69, 9.17) is 0 Å². The quantitative estimate of drug-likeness (QED) is 0.196. The van der Waals surface area contributed by atoms with Crippen molar-refractivity contribution in [2.24, 2.45) is 4.99 Å². The van der Waals surface area contributed by atoms with Crippen LogP contribution in [0.4, 0.5) is 23.7 Å². The molecule has 0 aliphatic carbocycles. The summed E-state index contributed by atoms with van der Waals surface area (Å²) in [6.07, 6.45) is -1.43. The van der Waals surface area contributed by atoms with Crippen LogP contribution in [0.3, 0.4) is 0 Å². The van der Waals surface area contributed by atoms with Crippen LogP contribution in [0, 0.1) is 6.92 Å². The first-order valence-electron chi connectivity index (χ1n) is 14.5. The third-order valence-corrected chi connectivity index (χ3v) is 8.90. The monoisotopic (exact) mass is 726 g/mol. The topological polar surface area (TPSA) is 102 Å². The zero-order chi connectivity index (χ0) is 33.9. The smallest absolute Gasteiger partial charge is 0.406 e. The Morgan fingerprint density at radius 3 is 2.45 bits per heavy atom. The summed E-state index contributed by atoms with van der Waals surface area (Å²) in [5.74, 6) is 0.364. The number of anilines is 1. The molecule has 1 aliphatic rings. The number of halogens is 4. The fraction of sp³-hybridized carbons (Fsp3) is 0.242. The number of urea groups is 1. The van der Waals surface area contributed by atoms with E-state index >= 15 is 0 Å². The maximum absolute atomic E-state index is 12.9. The van der Waals surface area contributed by atoms with Crippen molar-refractivity contribution in [2.45, 2.75) is 46.0 Å². The van der Waals surface area contributed by atoms with Gasteiger partial charge in [-0.3, -0.25) is 9.69 Å². The van der Waals surface area contributed by atoms with Crippen molar-refractivity contribution < 1.29 is 27.5 Å². The summed E-state index contributed by atoms with van der Waals surface area (Å²) in [6.45, 7) is 7.89. The molecule has 2 heterocycles. The molecule has 1 fully saturated rings.